The van der Waals surface area contributed by atoms with Crippen LogP contribution in [0.15, 0.2) is 78.9 Å². The summed E-state index contributed by atoms with van der Waals surface area (Å²) in [4.78, 5) is 37.9. The van der Waals surface area contributed by atoms with Crippen LogP contribution in [0.4, 0.5) is 20.6 Å². The molecule has 0 radical (unpaired) electrons. The van der Waals surface area contributed by atoms with E-state index in [-0.39, 0.29) is 18.1 Å². The smallest absolute Gasteiger partial charge is 0.340 e. The van der Waals surface area contributed by atoms with Gasteiger partial charge in [0.2, 0.25) is 6.17 Å². The maximum absolute atomic E-state index is 13.4. The Balaban J connectivity index is 1.52. The van der Waals surface area contributed by atoms with Gasteiger partial charge in [-0.3, -0.25) is 9.69 Å². The Labute approximate surface area is 231 Å². The van der Waals surface area contributed by atoms with Gasteiger partial charge in [0.25, 0.3) is 5.91 Å². The quantitative estimate of drug-likeness (QED) is 0.277. The van der Waals surface area contributed by atoms with E-state index in [4.69, 9.17) is 16.7 Å². The first-order valence-electron chi connectivity index (χ1n) is 12.7. The second-order valence-corrected chi connectivity index (χ2v) is 9.70. The highest BCUT2D eigenvalue weighted by Gasteiger charge is 2.19. The Morgan fingerprint density at radius 2 is 1.74 bits per heavy atom. The summed E-state index contributed by atoms with van der Waals surface area (Å²) in [6.45, 7) is -0.415. The van der Waals surface area contributed by atoms with Crippen molar-refractivity contribution in [1.29, 1.82) is 0 Å². The number of nitrogens with zero attached hydrogens (tertiary/aromatic N) is 1. The first-order valence-corrected chi connectivity index (χ1v) is 13.1. The number of halogens is 2. The number of amides is 3. The molecule has 3 aromatic carbocycles. The van der Waals surface area contributed by atoms with Crippen LogP contribution in [0.25, 0.3) is 5.57 Å². The van der Waals surface area contributed by atoms with Gasteiger partial charge in [-0.2, -0.15) is 0 Å². The van der Waals surface area contributed by atoms with Gasteiger partial charge in [0.15, 0.2) is 0 Å². The largest absolute Gasteiger partial charge is 0.479 e. The minimum Gasteiger partial charge on any atom is -0.479 e. The Hall–Kier alpha value is -4.17. The fourth-order valence-corrected chi connectivity index (χ4v) is 4.50. The summed E-state index contributed by atoms with van der Waals surface area (Å²) >= 11 is 6.09. The number of anilines is 2. The molecule has 0 saturated carbocycles. The lowest BCUT2D eigenvalue weighted by atomic mass is 9.93. The molecular formula is C30H29ClFN3O4. The van der Waals surface area contributed by atoms with E-state index in [0.29, 0.717) is 16.4 Å². The lowest BCUT2D eigenvalue weighted by Crippen LogP contribution is -2.35. The lowest BCUT2D eigenvalue weighted by Gasteiger charge is -2.24. The van der Waals surface area contributed by atoms with Gasteiger partial charge in [-0.1, -0.05) is 48.0 Å². The molecule has 1 atom stereocenters. The molecule has 1 aliphatic carbocycles. The van der Waals surface area contributed by atoms with Crippen LogP contribution >= 0.6 is 11.6 Å². The molecule has 3 amide bonds. The van der Waals surface area contributed by atoms with Crippen molar-refractivity contribution in [1.82, 2.24) is 5.32 Å². The highest BCUT2D eigenvalue weighted by atomic mass is 35.5. The standard InChI is InChI=1S/C30H29ClFN3O4/c31-24-7-4-8-25(17-24)34-30(39)35(26-15-13-22(14-16-26)21-5-2-1-3-6-21)19-20-9-11-23(12-10-20)28(36)33-18-27(32)29(37)38/h4-5,7-17,27H,1-3,6,18-19H2,(H,33,36)(H,34,39)(H,37,38). The number of rotatable bonds is 9. The van der Waals surface area contributed by atoms with Gasteiger partial charge in [0, 0.05) is 22.0 Å². The minimum atomic E-state index is -2.18. The highest BCUT2D eigenvalue weighted by molar-refractivity contribution is 6.30. The van der Waals surface area contributed by atoms with E-state index in [1.165, 1.54) is 18.4 Å². The van der Waals surface area contributed by atoms with Gasteiger partial charge in [-0.15, -0.1) is 0 Å². The van der Waals surface area contributed by atoms with Gasteiger partial charge >= 0.3 is 12.0 Å². The van der Waals surface area contributed by atoms with Crippen molar-refractivity contribution in [2.24, 2.45) is 0 Å². The Bertz CT molecular complexity index is 1360. The Kier molecular flexibility index (Phi) is 9.33. The predicted molar refractivity (Wildman–Crippen MR) is 151 cm³/mol. The van der Waals surface area contributed by atoms with E-state index < -0.39 is 24.6 Å². The summed E-state index contributed by atoms with van der Waals surface area (Å²) in [5.74, 6) is -2.22. The first kappa shape index (κ1) is 27.9. The topological polar surface area (TPSA) is 98.7 Å². The van der Waals surface area contributed by atoms with Crippen molar-refractivity contribution in [3.05, 3.63) is 101 Å². The molecule has 0 heterocycles. The molecule has 4 rings (SSSR count). The zero-order chi connectivity index (χ0) is 27.8. The van der Waals surface area contributed by atoms with E-state index in [0.717, 1.165) is 24.0 Å². The van der Waals surface area contributed by atoms with Crippen molar-refractivity contribution in [2.75, 3.05) is 16.8 Å². The third kappa shape index (κ3) is 7.67. The maximum atomic E-state index is 13.4. The maximum Gasteiger partial charge on any atom is 0.340 e. The molecule has 0 aromatic heterocycles. The number of alkyl halides is 1. The average Bonchev–Trinajstić information content (AvgIpc) is 2.95. The number of carbonyl (C=O) groups excluding carboxylic acids is 2. The van der Waals surface area contributed by atoms with Gasteiger partial charge in [0.1, 0.15) is 0 Å². The molecule has 0 aliphatic heterocycles. The average molecular weight is 550 g/mol. The number of nitrogens with one attached hydrogen (secondary N) is 2. The summed E-state index contributed by atoms with van der Waals surface area (Å²) in [6.07, 6.45) is 4.59. The first-order chi connectivity index (χ1) is 18.8. The molecule has 1 unspecified atom stereocenters. The van der Waals surface area contributed by atoms with E-state index in [2.05, 4.69) is 16.7 Å². The third-order valence-corrected chi connectivity index (χ3v) is 6.66. The minimum absolute atomic E-state index is 0.210. The summed E-state index contributed by atoms with van der Waals surface area (Å²) in [6, 6.07) is 20.9. The van der Waals surface area contributed by atoms with Crippen LogP contribution in [0.2, 0.25) is 5.02 Å². The van der Waals surface area contributed by atoms with Crippen LogP contribution in [-0.2, 0) is 11.3 Å². The van der Waals surface area contributed by atoms with Crippen LogP contribution in [0, 0.1) is 0 Å². The summed E-state index contributed by atoms with van der Waals surface area (Å²) in [5, 5.41) is 14.3. The van der Waals surface area contributed by atoms with E-state index in [1.807, 2.05) is 24.3 Å². The third-order valence-electron chi connectivity index (χ3n) is 6.43. The molecular weight excluding hydrogens is 521 g/mol. The number of allylic oxidation sites excluding steroid dienone is 2. The fraction of sp³-hybridized carbons (Fsp3) is 0.233. The number of urea groups is 1. The number of carboxylic acids is 1. The van der Waals surface area contributed by atoms with Crippen LogP contribution < -0.4 is 15.5 Å². The number of benzene rings is 3. The van der Waals surface area contributed by atoms with Gasteiger partial charge in [0.05, 0.1) is 13.1 Å². The van der Waals surface area contributed by atoms with Crippen LogP contribution in [0.3, 0.4) is 0 Å². The molecule has 3 aromatic rings. The van der Waals surface area contributed by atoms with Crippen LogP contribution in [0.1, 0.15) is 47.2 Å². The summed E-state index contributed by atoms with van der Waals surface area (Å²) < 4.78 is 13.3. The number of carbonyl (C=O) groups is 3. The summed E-state index contributed by atoms with van der Waals surface area (Å²) in [5.41, 5.74) is 4.71. The second-order valence-electron chi connectivity index (χ2n) is 9.26. The molecule has 39 heavy (non-hydrogen) atoms. The highest BCUT2D eigenvalue weighted by Crippen LogP contribution is 2.29. The van der Waals surface area contributed by atoms with Crippen molar-refractivity contribution < 1.29 is 23.9 Å². The Morgan fingerprint density at radius 3 is 2.38 bits per heavy atom. The van der Waals surface area contributed by atoms with Crippen molar-refractivity contribution in [3.8, 4) is 0 Å². The number of hydrogen-bond donors (Lipinski definition) is 3. The fourth-order valence-electron chi connectivity index (χ4n) is 4.31. The monoisotopic (exact) mass is 549 g/mol. The zero-order valence-corrected chi connectivity index (χ0v) is 22.0. The van der Waals surface area contributed by atoms with Crippen molar-refractivity contribution in [2.45, 2.75) is 38.4 Å². The molecule has 0 spiro atoms. The number of hydrogen-bond acceptors (Lipinski definition) is 3. The Morgan fingerprint density at radius 1 is 1.00 bits per heavy atom. The van der Waals surface area contributed by atoms with Crippen LogP contribution in [-0.4, -0.2) is 35.7 Å². The van der Waals surface area contributed by atoms with E-state index in [9.17, 15) is 18.8 Å². The van der Waals surface area contributed by atoms with Gasteiger partial charge in [-0.25, -0.2) is 14.0 Å². The lowest BCUT2D eigenvalue weighted by molar-refractivity contribution is -0.142. The molecule has 1 aliphatic rings. The molecule has 0 fully saturated rings. The van der Waals surface area contributed by atoms with E-state index >= 15 is 0 Å². The van der Waals surface area contributed by atoms with Crippen LogP contribution in [0.5, 0.6) is 0 Å². The normalized spacial score (nSPS) is 13.6. The molecule has 3 N–H and O–H groups in total. The molecule has 202 valence electrons. The van der Waals surface area contributed by atoms with Crippen molar-refractivity contribution in [3.63, 3.8) is 0 Å². The molecule has 7 nitrogen and oxygen atoms in total. The zero-order valence-electron chi connectivity index (χ0n) is 21.2. The van der Waals surface area contributed by atoms with Gasteiger partial charge < -0.3 is 15.7 Å². The second kappa shape index (κ2) is 13.1. The number of aliphatic carboxylic acids is 1. The molecule has 0 bridgehead atoms. The number of carboxylic acid groups (broad SMARTS) is 1. The SMILES string of the molecule is O=C(NCC(F)C(=O)O)c1ccc(CN(C(=O)Nc2cccc(Cl)c2)c2ccc(C3=CCCCC3)cc2)cc1. The van der Waals surface area contributed by atoms with Gasteiger partial charge in [-0.05, 0) is 84.8 Å². The predicted octanol–water partition coefficient (Wildman–Crippen LogP) is 6.69. The molecule has 0 saturated heterocycles. The molecule has 9 heteroatoms. The van der Waals surface area contributed by atoms with Crippen molar-refractivity contribution >= 4 is 46.5 Å². The van der Waals surface area contributed by atoms with E-state index in [1.54, 1.807) is 53.4 Å². The summed E-state index contributed by atoms with van der Waals surface area (Å²) in [7, 11) is 0.